The Morgan fingerprint density at radius 1 is 1.41 bits per heavy atom. The van der Waals surface area contributed by atoms with E-state index in [2.05, 4.69) is 16.6 Å². The number of hydrogen-bond acceptors (Lipinski definition) is 4. The summed E-state index contributed by atoms with van der Waals surface area (Å²) < 4.78 is 23.6. The van der Waals surface area contributed by atoms with Crippen LogP contribution in [0.4, 0.5) is 4.39 Å². The van der Waals surface area contributed by atoms with Crippen molar-refractivity contribution >= 4 is 5.97 Å². The highest BCUT2D eigenvalue weighted by atomic mass is 19.1. The molecule has 1 aliphatic rings. The van der Waals surface area contributed by atoms with Gasteiger partial charge in [-0.3, -0.25) is 0 Å². The van der Waals surface area contributed by atoms with E-state index in [4.69, 9.17) is 4.74 Å². The molecule has 0 saturated heterocycles. The maximum atomic E-state index is 13.8. The largest absolute Gasteiger partial charge is 0.465 e. The van der Waals surface area contributed by atoms with Crippen LogP contribution < -0.4 is 0 Å². The average Bonchev–Trinajstić information content (AvgIpc) is 2.53. The summed E-state index contributed by atoms with van der Waals surface area (Å²) in [5.41, 5.74) is -0.969. The lowest BCUT2D eigenvalue weighted by molar-refractivity contribution is -0.0795. The number of esters is 1. The van der Waals surface area contributed by atoms with Crippen LogP contribution in [0.1, 0.15) is 41.6 Å². The van der Waals surface area contributed by atoms with Crippen molar-refractivity contribution in [3.05, 3.63) is 35.1 Å². The van der Waals surface area contributed by atoms with Gasteiger partial charge >= 0.3 is 5.97 Å². The highest BCUT2D eigenvalue weighted by molar-refractivity contribution is 5.89. The van der Waals surface area contributed by atoms with Gasteiger partial charge in [0, 0.05) is 12.7 Å². The molecule has 1 saturated carbocycles. The van der Waals surface area contributed by atoms with Crippen molar-refractivity contribution in [2.75, 3.05) is 14.2 Å². The van der Waals surface area contributed by atoms with Gasteiger partial charge in [-0.15, -0.1) is 0 Å². The summed E-state index contributed by atoms with van der Waals surface area (Å²) in [4.78, 5) is 11.3. The van der Waals surface area contributed by atoms with Crippen LogP contribution in [0, 0.1) is 17.7 Å². The van der Waals surface area contributed by atoms with Crippen LogP contribution in [0.2, 0.25) is 0 Å². The second-order valence-electron chi connectivity index (χ2n) is 5.33. The highest BCUT2D eigenvalue weighted by Crippen LogP contribution is 2.30. The minimum Gasteiger partial charge on any atom is -0.465 e. The number of halogens is 1. The molecule has 1 aliphatic carbocycles. The van der Waals surface area contributed by atoms with Gasteiger partial charge in [-0.05, 0) is 37.5 Å². The lowest BCUT2D eigenvalue weighted by Crippen LogP contribution is -2.44. The third kappa shape index (κ3) is 3.46. The van der Waals surface area contributed by atoms with Gasteiger partial charge in [0.2, 0.25) is 0 Å². The molecule has 1 aromatic rings. The maximum absolute atomic E-state index is 13.8. The Morgan fingerprint density at radius 2 is 2.18 bits per heavy atom. The van der Waals surface area contributed by atoms with Crippen LogP contribution in [-0.2, 0) is 9.47 Å². The maximum Gasteiger partial charge on any atom is 0.340 e. The Kier molecular flexibility index (Phi) is 5.17. The van der Waals surface area contributed by atoms with Crippen molar-refractivity contribution in [1.82, 2.24) is 0 Å². The number of aliphatic hydroxyl groups is 1. The van der Waals surface area contributed by atoms with Gasteiger partial charge in [-0.2, -0.15) is 0 Å². The number of hydrogen-bond donors (Lipinski definition) is 1. The second-order valence-corrected chi connectivity index (χ2v) is 5.33. The first kappa shape index (κ1) is 16.5. The van der Waals surface area contributed by atoms with Gasteiger partial charge < -0.3 is 14.6 Å². The quantitative estimate of drug-likeness (QED) is 0.673. The van der Waals surface area contributed by atoms with Crippen LogP contribution in [0.15, 0.2) is 18.2 Å². The van der Waals surface area contributed by atoms with Crippen molar-refractivity contribution in [2.24, 2.45) is 0 Å². The minimum atomic E-state index is -1.22. The molecule has 22 heavy (non-hydrogen) atoms. The van der Waals surface area contributed by atoms with Gasteiger partial charge in [0.05, 0.1) is 18.8 Å². The van der Waals surface area contributed by atoms with Crippen LogP contribution in [0.25, 0.3) is 0 Å². The van der Waals surface area contributed by atoms with Gasteiger partial charge in [-0.1, -0.05) is 18.3 Å². The Balaban J connectivity index is 2.24. The smallest absolute Gasteiger partial charge is 0.340 e. The number of rotatable bonds is 2. The van der Waals surface area contributed by atoms with E-state index in [1.165, 1.54) is 19.2 Å². The van der Waals surface area contributed by atoms with Crippen molar-refractivity contribution in [3.63, 3.8) is 0 Å². The lowest BCUT2D eigenvalue weighted by Gasteiger charge is -2.34. The molecule has 1 fully saturated rings. The van der Waals surface area contributed by atoms with E-state index >= 15 is 0 Å². The summed E-state index contributed by atoms with van der Waals surface area (Å²) in [6, 6.07) is 4.01. The lowest BCUT2D eigenvalue weighted by atomic mass is 9.82. The Hall–Kier alpha value is -1.90. The molecule has 2 rings (SSSR count). The first-order valence-electron chi connectivity index (χ1n) is 7.16. The van der Waals surface area contributed by atoms with E-state index in [1.807, 2.05) is 0 Å². The highest BCUT2D eigenvalue weighted by Gasteiger charge is 2.37. The second kappa shape index (κ2) is 6.91. The summed E-state index contributed by atoms with van der Waals surface area (Å²) >= 11 is 0. The molecule has 0 heterocycles. The zero-order chi connectivity index (χ0) is 16.2. The molecule has 118 valence electrons. The third-order valence-corrected chi connectivity index (χ3v) is 3.89. The molecule has 0 spiro atoms. The van der Waals surface area contributed by atoms with E-state index in [0.717, 1.165) is 25.3 Å². The van der Waals surface area contributed by atoms with E-state index in [9.17, 15) is 14.3 Å². The van der Waals surface area contributed by atoms with E-state index in [1.54, 1.807) is 7.11 Å². The summed E-state index contributed by atoms with van der Waals surface area (Å²) in [7, 11) is 2.74. The number of benzene rings is 1. The van der Waals surface area contributed by atoms with Crippen LogP contribution in [-0.4, -0.2) is 37.0 Å². The molecule has 1 N–H and O–H groups in total. The predicted molar refractivity (Wildman–Crippen MR) is 78.8 cm³/mol. The Labute approximate surface area is 129 Å². The molecule has 4 nitrogen and oxygen atoms in total. The fourth-order valence-electron chi connectivity index (χ4n) is 2.63. The molecular weight excluding hydrogens is 287 g/mol. The number of carbonyl (C=O) groups excluding carboxylic acids is 1. The number of methoxy groups -OCH3 is 2. The molecular formula is C17H19FO4. The number of ether oxygens (including phenoxy) is 2. The van der Waals surface area contributed by atoms with Crippen LogP contribution >= 0.6 is 0 Å². The number of carbonyl (C=O) groups is 1. The Morgan fingerprint density at radius 3 is 2.82 bits per heavy atom. The van der Waals surface area contributed by atoms with E-state index < -0.39 is 17.4 Å². The molecule has 1 aromatic carbocycles. The summed E-state index contributed by atoms with van der Waals surface area (Å²) in [5.74, 6) is 4.14. The van der Waals surface area contributed by atoms with Crippen LogP contribution in [0.3, 0.4) is 0 Å². The van der Waals surface area contributed by atoms with Gasteiger partial charge in [0.1, 0.15) is 5.82 Å². The summed E-state index contributed by atoms with van der Waals surface area (Å²) in [6.07, 6.45) is 2.80. The normalized spacial score (nSPS) is 24.3. The fourth-order valence-corrected chi connectivity index (χ4v) is 2.63. The van der Waals surface area contributed by atoms with Crippen molar-refractivity contribution in [3.8, 4) is 11.8 Å². The summed E-state index contributed by atoms with van der Waals surface area (Å²) in [5, 5.41) is 10.6. The zero-order valence-electron chi connectivity index (χ0n) is 12.7. The Bertz CT molecular complexity index is 617. The fraction of sp³-hybridized carbons (Fsp3) is 0.471. The standard InChI is InChI=1S/C17H19FO4/c1-21-15-5-3-4-9-17(15,20)10-8-12-6-7-13(14(18)11-12)16(19)22-2/h6-7,11,15,20H,3-5,9H2,1-2H3/t15-,17?/m0/s1. The molecule has 5 heteroatoms. The minimum absolute atomic E-state index is 0.140. The monoisotopic (exact) mass is 306 g/mol. The first-order valence-corrected chi connectivity index (χ1v) is 7.16. The van der Waals surface area contributed by atoms with E-state index in [0.29, 0.717) is 12.0 Å². The van der Waals surface area contributed by atoms with Gasteiger partial charge in [0.15, 0.2) is 5.60 Å². The molecule has 0 amide bonds. The molecule has 0 radical (unpaired) electrons. The molecule has 0 bridgehead atoms. The molecule has 0 aromatic heterocycles. The molecule has 1 unspecified atom stereocenters. The van der Waals surface area contributed by atoms with Gasteiger partial charge in [-0.25, -0.2) is 9.18 Å². The zero-order valence-corrected chi connectivity index (χ0v) is 12.7. The average molecular weight is 306 g/mol. The van der Waals surface area contributed by atoms with Crippen molar-refractivity contribution in [1.29, 1.82) is 0 Å². The van der Waals surface area contributed by atoms with Crippen LogP contribution in [0.5, 0.6) is 0 Å². The first-order chi connectivity index (χ1) is 10.5. The third-order valence-electron chi connectivity index (χ3n) is 3.89. The SMILES string of the molecule is COC(=O)c1ccc(C#CC2(O)CCCC[C@@H]2OC)cc1F. The molecule has 0 aliphatic heterocycles. The summed E-state index contributed by atoms with van der Waals surface area (Å²) in [6.45, 7) is 0. The van der Waals surface area contributed by atoms with Gasteiger partial charge in [0.25, 0.3) is 0 Å². The van der Waals surface area contributed by atoms with Crippen molar-refractivity contribution < 1.29 is 23.8 Å². The topological polar surface area (TPSA) is 55.8 Å². The predicted octanol–water partition coefficient (Wildman–Crippen LogP) is 2.28. The molecule has 2 atom stereocenters. The van der Waals surface area contributed by atoms with E-state index in [-0.39, 0.29) is 11.7 Å². The van der Waals surface area contributed by atoms with Crippen molar-refractivity contribution in [2.45, 2.75) is 37.4 Å².